The first-order valence-corrected chi connectivity index (χ1v) is 9.21. The van der Waals surface area contributed by atoms with E-state index in [1.165, 1.54) is 0 Å². The Labute approximate surface area is 162 Å². The molecule has 8 nitrogen and oxygen atoms in total. The average molecular weight is 378 g/mol. The van der Waals surface area contributed by atoms with Gasteiger partial charge < -0.3 is 15.4 Å². The smallest absolute Gasteiger partial charge is 0.227 e. The quantitative estimate of drug-likeness (QED) is 0.656. The van der Waals surface area contributed by atoms with Gasteiger partial charge in [-0.05, 0) is 72.2 Å². The van der Waals surface area contributed by atoms with Gasteiger partial charge in [0.1, 0.15) is 5.75 Å². The third kappa shape index (κ3) is 3.95. The third-order valence-electron chi connectivity index (χ3n) is 4.74. The summed E-state index contributed by atoms with van der Waals surface area (Å²) in [6.45, 7) is 2.46. The zero-order valence-electron chi connectivity index (χ0n) is 15.8. The molecule has 0 atom stereocenters. The molecule has 28 heavy (non-hydrogen) atoms. The number of hydrogen-bond acceptors (Lipinski definition) is 6. The Bertz CT molecular complexity index is 979. The number of carbonyl (C=O) groups is 1. The first-order valence-electron chi connectivity index (χ1n) is 9.21. The van der Waals surface area contributed by atoms with Crippen LogP contribution in [0.5, 0.6) is 5.75 Å². The zero-order valence-corrected chi connectivity index (χ0v) is 15.8. The van der Waals surface area contributed by atoms with Crippen molar-refractivity contribution in [2.45, 2.75) is 26.3 Å². The van der Waals surface area contributed by atoms with Crippen LogP contribution < -0.4 is 15.4 Å². The van der Waals surface area contributed by atoms with Gasteiger partial charge >= 0.3 is 0 Å². The number of benzene rings is 2. The highest BCUT2D eigenvalue weighted by Crippen LogP contribution is 2.31. The van der Waals surface area contributed by atoms with Gasteiger partial charge in [0.15, 0.2) is 5.82 Å². The molecule has 144 valence electrons. The van der Waals surface area contributed by atoms with Crippen LogP contribution in [0.4, 0.5) is 11.4 Å². The second-order valence-electron chi connectivity index (χ2n) is 6.85. The van der Waals surface area contributed by atoms with Crippen LogP contribution in [0.15, 0.2) is 42.5 Å². The van der Waals surface area contributed by atoms with Crippen molar-refractivity contribution < 1.29 is 9.53 Å². The first-order chi connectivity index (χ1) is 13.6. The molecule has 3 aromatic rings. The largest absolute Gasteiger partial charge is 0.497 e. The molecule has 1 aliphatic rings. The molecule has 0 bridgehead atoms. The summed E-state index contributed by atoms with van der Waals surface area (Å²) in [6, 6.07) is 13.4. The summed E-state index contributed by atoms with van der Waals surface area (Å²) >= 11 is 0. The molecular weight excluding hydrogens is 356 g/mol. The third-order valence-corrected chi connectivity index (χ3v) is 4.74. The summed E-state index contributed by atoms with van der Waals surface area (Å²) in [6.07, 6.45) is 1.97. The molecular formula is C20H22N6O2. The van der Waals surface area contributed by atoms with E-state index in [2.05, 4.69) is 26.2 Å². The van der Waals surface area contributed by atoms with Gasteiger partial charge in [0.2, 0.25) is 5.91 Å². The van der Waals surface area contributed by atoms with E-state index in [-0.39, 0.29) is 11.8 Å². The number of amides is 1. The second kappa shape index (κ2) is 7.67. The number of anilines is 2. The lowest BCUT2D eigenvalue weighted by atomic mass is 10.1. The van der Waals surface area contributed by atoms with E-state index in [9.17, 15) is 4.79 Å². The molecule has 2 aromatic carbocycles. The predicted molar refractivity (Wildman–Crippen MR) is 106 cm³/mol. The van der Waals surface area contributed by atoms with E-state index in [1.807, 2.05) is 49.4 Å². The van der Waals surface area contributed by atoms with Gasteiger partial charge in [-0.1, -0.05) is 6.07 Å². The summed E-state index contributed by atoms with van der Waals surface area (Å²) in [5.41, 5.74) is 3.65. The van der Waals surface area contributed by atoms with E-state index in [1.54, 1.807) is 11.8 Å². The molecule has 1 amide bonds. The van der Waals surface area contributed by atoms with E-state index in [4.69, 9.17) is 4.74 Å². The molecule has 1 fully saturated rings. The normalized spacial score (nSPS) is 13.2. The SMILES string of the molecule is COc1ccc(-n2nnnc2CNc2cc(NC(=O)C3CC3)ccc2C)cc1. The molecule has 0 spiro atoms. The Kier molecular flexibility index (Phi) is 4.92. The van der Waals surface area contributed by atoms with Crippen molar-refractivity contribution in [3.05, 3.63) is 53.9 Å². The van der Waals surface area contributed by atoms with Crippen LogP contribution in [-0.4, -0.2) is 33.2 Å². The molecule has 4 rings (SSSR count). The molecule has 8 heteroatoms. The van der Waals surface area contributed by atoms with E-state index >= 15 is 0 Å². The molecule has 1 aliphatic carbocycles. The Morgan fingerprint density at radius 2 is 2.00 bits per heavy atom. The van der Waals surface area contributed by atoms with Crippen LogP contribution in [0, 0.1) is 12.8 Å². The topological polar surface area (TPSA) is 94.0 Å². The first kappa shape index (κ1) is 18.0. The summed E-state index contributed by atoms with van der Waals surface area (Å²) in [7, 11) is 1.63. The van der Waals surface area contributed by atoms with Crippen LogP contribution >= 0.6 is 0 Å². The fourth-order valence-corrected chi connectivity index (χ4v) is 2.89. The lowest BCUT2D eigenvalue weighted by Gasteiger charge is -2.12. The number of aryl methyl sites for hydroxylation is 1. The maximum absolute atomic E-state index is 12.0. The van der Waals surface area contributed by atoms with Gasteiger partial charge in [0, 0.05) is 17.3 Å². The molecule has 2 N–H and O–H groups in total. The summed E-state index contributed by atoms with van der Waals surface area (Å²) in [5.74, 6) is 1.72. The number of hydrogen-bond donors (Lipinski definition) is 2. The predicted octanol–water partition coefficient (Wildman–Crippen LogP) is 2.94. The summed E-state index contributed by atoms with van der Waals surface area (Å²) in [4.78, 5) is 12.0. The molecule has 0 saturated heterocycles. The fourth-order valence-electron chi connectivity index (χ4n) is 2.89. The highest BCUT2D eigenvalue weighted by molar-refractivity contribution is 5.94. The minimum atomic E-state index is 0.0956. The van der Waals surface area contributed by atoms with E-state index in [0.717, 1.165) is 41.2 Å². The number of tetrazole rings is 1. The van der Waals surface area contributed by atoms with Gasteiger partial charge in [-0.25, -0.2) is 0 Å². The van der Waals surface area contributed by atoms with Gasteiger partial charge in [-0.3, -0.25) is 4.79 Å². The Hall–Kier alpha value is -3.42. The molecule has 0 unspecified atom stereocenters. The summed E-state index contributed by atoms with van der Waals surface area (Å²) < 4.78 is 6.87. The lowest BCUT2D eigenvalue weighted by Crippen LogP contribution is -2.14. The maximum Gasteiger partial charge on any atom is 0.227 e. The highest BCUT2D eigenvalue weighted by atomic mass is 16.5. The number of methoxy groups -OCH3 is 1. The van der Waals surface area contributed by atoms with Crippen molar-refractivity contribution in [2.75, 3.05) is 17.7 Å². The molecule has 1 aromatic heterocycles. The van der Waals surface area contributed by atoms with Crippen molar-refractivity contribution in [3.8, 4) is 11.4 Å². The molecule has 1 saturated carbocycles. The Balaban J connectivity index is 1.47. The number of rotatable bonds is 7. The van der Waals surface area contributed by atoms with Crippen molar-refractivity contribution in [3.63, 3.8) is 0 Å². The monoisotopic (exact) mass is 378 g/mol. The fraction of sp³-hybridized carbons (Fsp3) is 0.300. The van der Waals surface area contributed by atoms with E-state index < -0.39 is 0 Å². The zero-order chi connectivity index (χ0) is 19.5. The number of nitrogens with zero attached hydrogens (tertiary/aromatic N) is 4. The average Bonchev–Trinajstić information content (AvgIpc) is 3.47. The second-order valence-corrected chi connectivity index (χ2v) is 6.85. The van der Waals surface area contributed by atoms with Crippen LogP contribution in [0.3, 0.4) is 0 Å². The van der Waals surface area contributed by atoms with Crippen molar-refractivity contribution in [1.82, 2.24) is 20.2 Å². The Morgan fingerprint density at radius 3 is 2.71 bits per heavy atom. The van der Waals surface area contributed by atoms with Crippen molar-refractivity contribution >= 4 is 17.3 Å². The van der Waals surface area contributed by atoms with Gasteiger partial charge in [0.05, 0.1) is 19.3 Å². The maximum atomic E-state index is 12.0. The van der Waals surface area contributed by atoms with Crippen LogP contribution in [0.1, 0.15) is 24.2 Å². The minimum absolute atomic E-state index is 0.0956. The van der Waals surface area contributed by atoms with Crippen LogP contribution in [0.25, 0.3) is 5.69 Å². The Morgan fingerprint density at radius 1 is 1.21 bits per heavy atom. The van der Waals surface area contributed by atoms with Gasteiger partial charge in [0.25, 0.3) is 0 Å². The molecule has 0 radical (unpaired) electrons. The number of nitrogens with one attached hydrogen (secondary N) is 2. The lowest BCUT2D eigenvalue weighted by molar-refractivity contribution is -0.117. The van der Waals surface area contributed by atoms with Crippen molar-refractivity contribution in [1.29, 1.82) is 0 Å². The van der Waals surface area contributed by atoms with E-state index in [0.29, 0.717) is 12.4 Å². The van der Waals surface area contributed by atoms with Crippen LogP contribution in [0.2, 0.25) is 0 Å². The number of carbonyl (C=O) groups excluding carboxylic acids is 1. The van der Waals surface area contributed by atoms with Gasteiger partial charge in [-0.2, -0.15) is 4.68 Å². The molecule has 0 aliphatic heterocycles. The minimum Gasteiger partial charge on any atom is -0.497 e. The highest BCUT2D eigenvalue weighted by Gasteiger charge is 2.29. The van der Waals surface area contributed by atoms with Crippen molar-refractivity contribution in [2.24, 2.45) is 5.92 Å². The standard InChI is InChI=1S/C20H22N6O2/c1-13-3-6-15(22-20(27)14-4-5-14)11-18(13)21-12-19-23-24-25-26(19)16-7-9-17(28-2)10-8-16/h3,6-11,14,21H,4-5,12H2,1-2H3,(H,22,27). The molecule has 1 heterocycles. The summed E-state index contributed by atoms with van der Waals surface area (Å²) in [5, 5.41) is 18.3. The number of aromatic nitrogens is 4. The van der Waals surface area contributed by atoms with Gasteiger partial charge in [-0.15, -0.1) is 5.10 Å². The number of ether oxygens (including phenoxy) is 1. The van der Waals surface area contributed by atoms with Crippen LogP contribution in [-0.2, 0) is 11.3 Å².